The smallest absolute Gasteiger partial charge is 0.116 e. The van der Waals surface area contributed by atoms with Gasteiger partial charge in [-0.05, 0) is 11.5 Å². The molecule has 2 rings (SSSR count). The summed E-state index contributed by atoms with van der Waals surface area (Å²) in [5.74, 6) is 0.582. The first kappa shape index (κ1) is 7.47. The number of allylic oxidation sites excluding steroid dienone is 2. The van der Waals surface area contributed by atoms with Crippen LogP contribution in [0.3, 0.4) is 0 Å². The largest absolute Gasteiger partial charge is 0.177 e. The summed E-state index contributed by atoms with van der Waals surface area (Å²) >= 11 is 0. The summed E-state index contributed by atoms with van der Waals surface area (Å²) in [5.41, 5.74) is 2.57. The van der Waals surface area contributed by atoms with Crippen LogP contribution in [0.4, 0.5) is 0 Å². The predicted octanol–water partition coefficient (Wildman–Crippen LogP) is 2.86. The van der Waals surface area contributed by atoms with Gasteiger partial charge in [-0.15, -0.1) is 0 Å². The Morgan fingerprint density at radius 2 is 2.17 bits per heavy atom. The van der Waals surface area contributed by atoms with Gasteiger partial charge in [0, 0.05) is 5.57 Å². The molecule has 1 aliphatic carbocycles. The van der Waals surface area contributed by atoms with Gasteiger partial charge < -0.3 is 0 Å². The second kappa shape index (κ2) is 2.70. The Labute approximate surface area is 72.4 Å². The van der Waals surface area contributed by atoms with Crippen LogP contribution in [0.1, 0.15) is 13.8 Å². The van der Waals surface area contributed by atoms with Crippen molar-refractivity contribution in [3.05, 3.63) is 35.6 Å². The summed E-state index contributed by atoms with van der Waals surface area (Å²) in [6.45, 7) is 4.38. The molecule has 0 amide bonds. The number of hydrogen-bond donors (Lipinski definition) is 0. The molecule has 0 bridgehead atoms. The number of rotatable bonds is 1. The average Bonchev–Trinajstić information content (AvgIpc) is 2.49. The Balaban J connectivity index is 2.28. The van der Waals surface area contributed by atoms with E-state index in [1.54, 1.807) is 0 Å². The Morgan fingerprint density at radius 1 is 1.33 bits per heavy atom. The van der Waals surface area contributed by atoms with Crippen molar-refractivity contribution in [3.8, 4) is 0 Å². The summed E-state index contributed by atoms with van der Waals surface area (Å²) in [7, 11) is 0. The zero-order valence-corrected chi connectivity index (χ0v) is 7.36. The maximum atomic E-state index is 4.10. The van der Waals surface area contributed by atoms with Gasteiger partial charge in [-0.25, -0.2) is 0 Å². The van der Waals surface area contributed by atoms with Gasteiger partial charge in [0.15, 0.2) is 0 Å². The van der Waals surface area contributed by atoms with Gasteiger partial charge in [0.1, 0.15) is 6.04 Å². The molecule has 0 aromatic rings. The normalized spacial score (nSPS) is 25.8. The third kappa shape index (κ3) is 1.13. The second-order valence-corrected chi connectivity index (χ2v) is 3.46. The molecule has 2 aliphatic rings. The van der Waals surface area contributed by atoms with E-state index in [4.69, 9.17) is 0 Å². The molecule has 1 heterocycles. The highest BCUT2D eigenvalue weighted by molar-refractivity contribution is 5.42. The Kier molecular flexibility index (Phi) is 1.68. The van der Waals surface area contributed by atoms with E-state index in [0.717, 1.165) is 0 Å². The number of azo groups is 1. The monoisotopic (exact) mass is 160 g/mol. The van der Waals surface area contributed by atoms with Crippen LogP contribution >= 0.6 is 0 Å². The van der Waals surface area contributed by atoms with Gasteiger partial charge in [0.2, 0.25) is 0 Å². The van der Waals surface area contributed by atoms with Crippen molar-refractivity contribution < 1.29 is 0 Å². The first-order valence-electron chi connectivity index (χ1n) is 4.27. The maximum absolute atomic E-state index is 4.10. The Hall–Kier alpha value is -1.18. The van der Waals surface area contributed by atoms with Crippen molar-refractivity contribution in [3.63, 3.8) is 0 Å². The lowest BCUT2D eigenvalue weighted by atomic mass is 9.93. The molecule has 1 atom stereocenters. The summed E-state index contributed by atoms with van der Waals surface area (Å²) < 4.78 is 0. The molecule has 0 saturated carbocycles. The van der Waals surface area contributed by atoms with Crippen molar-refractivity contribution >= 4 is 0 Å². The van der Waals surface area contributed by atoms with E-state index in [1.165, 1.54) is 11.1 Å². The van der Waals surface area contributed by atoms with Crippen molar-refractivity contribution in [1.29, 1.82) is 0 Å². The topological polar surface area (TPSA) is 24.7 Å². The van der Waals surface area contributed by atoms with E-state index in [0.29, 0.717) is 5.92 Å². The van der Waals surface area contributed by atoms with E-state index >= 15 is 0 Å². The van der Waals surface area contributed by atoms with E-state index in [1.807, 2.05) is 6.20 Å². The van der Waals surface area contributed by atoms with Crippen molar-refractivity contribution in [2.24, 2.45) is 16.1 Å². The van der Waals surface area contributed by atoms with Crippen LogP contribution in [-0.4, -0.2) is 6.04 Å². The quantitative estimate of drug-likeness (QED) is 0.563. The molecule has 1 unspecified atom stereocenters. The lowest BCUT2D eigenvalue weighted by molar-refractivity contribution is 0.770. The third-order valence-corrected chi connectivity index (χ3v) is 2.22. The van der Waals surface area contributed by atoms with Gasteiger partial charge in [0.05, 0.1) is 6.20 Å². The summed E-state index contributed by atoms with van der Waals surface area (Å²) in [6, 6.07) is 0.201. The number of nitrogens with zero attached hydrogens (tertiary/aromatic N) is 2. The molecule has 0 saturated heterocycles. The van der Waals surface area contributed by atoms with Crippen LogP contribution in [0.15, 0.2) is 45.8 Å². The maximum Gasteiger partial charge on any atom is 0.116 e. The predicted molar refractivity (Wildman–Crippen MR) is 48.8 cm³/mol. The molecule has 0 fully saturated rings. The van der Waals surface area contributed by atoms with Gasteiger partial charge in [-0.2, -0.15) is 10.2 Å². The Morgan fingerprint density at radius 3 is 2.92 bits per heavy atom. The average molecular weight is 160 g/mol. The minimum Gasteiger partial charge on any atom is -0.177 e. The summed E-state index contributed by atoms with van der Waals surface area (Å²) in [4.78, 5) is 0. The van der Waals surface area contributed by atoms with Gasteiger partial charge in [-0.1, -0.05) is 32.1 Å². The molecule has 62 valence electrons. The second-order valence-electron chi connectivity index (χ2n) is 3.46. The fourth-order valence-electron chi connectivity index (χ4n) is 1.40. The van der Waals surface area contributed by atoms with E-state index in [9.17, 15) is 0 Å². The van der Waals surface area contributed by atoms with Crippen LogP contribution in [-0.2, 0) is 0 Å². The fourth-order valence-corrected chi connectivity index (χ4v) is 1.40. The van der Waals surface area contributed by atoms with Crippen LogP contribution < -0.4 is 0 Å². The van der Waals surface area contributed by atoms with Crippen molar-refractivity contribution in [1.82, 2.24) is 0 Å². The van der Waals surface area contributed by atoms with Gasteiger partial charge in [0.25, 0.3) is 0 Å². The minimum absolute atomic E-state index is 0.201. The molecule has 0 spiro atoms. The highest BCUT2D eigenvalue weighted by Crippen LogP contribution is 2.26. The zero-order chi connectivity index (χ0) is 8.55. The molecule has 2 heteroatoms. The van der Waals surface area contributed by atoms with E-state index in [2.05, 4.69) is 42.3 Å². The molecule has 1 aliphatic heterocycles. The molecule has 0 N–H and O–H groups in total. The number of hydrogen-bond acceptors (Lipinski definition) is 2. The first-order valence-corrected chi connectivity index (χ1v) is 4.27. The highest BCUT2D eigenvalue weighted by Gasteiger charge is 2.17. The fraction of sp³-hybridized carbons (Fsp3) is 0.400. The van der Waals surface area contributed by atoms with Crippen molar-refractivity contribution in [2.45, 2.75) is 19.9 Å². The molecular formula is C10H12N2. The lowest BCUT2D eigenvalue weighted by Gasteiger charge is -2.14. The zero-order valence-electron chi connectivity index (χ0n) is 7.36. The first-order chi connectivity index (χ1) is 5.77. The Bertz CT molecular complexity index is 306. The third-order valence-electron chi connectivity index (χ3n) is 2.22. The highest BCUT2D eigenvalue weighted by atomic mass is 15.1. The van der Waals surface area contributed by atoms with Gasteiger partial charge in [-0.3, -0.25) is 0 Å². The summed E-state index contributed by atoms with van der Waals surface area (Å²) in [6.07, 6.45) is 8.28. The van der Waals surface area contributed by atoms with Crippen LogP contribution in [0, 0.1) is 5.92 Å². The summed E-state index contributed by atoms with van der Waals surface area (Å²) in [5, 5.41) is 7.98. The molecule has 12 heavy (non-hydrogen) atoms. The van der Waals surface area contributed by atoms with Crippen LogP contribution in [0.25, 0.3) is 0 Å². The molecule has 0 aromatic carbocycles. The minimum atomic E-state index is 0.201. The van der Waals surface area contributed by atoms with Gasteiger partial charge >= 0.3 is 0 Å². The standard InChI is InChI=1S/C10H12N2/c1-7(2)8-3-4-9-6-11-12-10(9)5-8/h3-7,10H,1-2H3. The van der Waals surface area contributed by atoms with Crippen molar-refractivity contribution in [2.75, 3.05) is 0 Å². The lowest BCUT2D eigenvalue weighted by Crippen LogP contribution is -2.06. The van der Waals surface area contributed by atoms with E-state index in [-0.39, 0.29) is 6.04 Å². The van der Waals surface area contributed by atoms with E-state index < -0.39 is 0 Å². The number of fused-ring (bicyclic) bond motifs is 1. The molecule has 0 radical (unpaired) electrons. The molecule has 2 nitrogen and oxygen atoms in total. The molecule has 0 aromatic heterocycles. The SMILES string of the molecule is CC(C)C1=CC2N=NC=C2C=C1. The van der Waals surface area contributed by atoms with Crippen LogP contribution in [0.2, 0.25) is 0 Å². The van der Waals surface area contributed by atoms with Crippen LogP contribution in [0.5, 0.6) is 0 Å². The molecular weight excluding hydrogens is 148 g/mol.